The van der Waals surface area contributed by atoms with Gasteiger partial charge < -0.3 is 10.2 Å². The molecule has 1 saturated heterocycles. The third-order valence-corrected chi connectivity index (χ3v) is 3.67. The molecule has 0 spiro atoms. The highest BCUT2D eigenvalue weighted by molar-refractivity contribution is 7.90. The number of hydrogen-bond acceptors (Lipinski definition) is 5. The van der Waals surface area contributed by atoms with Crippen molar-refractivity contribution in [1.29, 1.82) is 0 Å². The van der Waals surface area contributed by atoms with Crippen molar-refractivity contribution in [1.82, 2.24) is 10.3 Å². The summed E-state index contributed by atoms with van der Waals surface area (Å²) in [7, 11) is -3.22. The highest BCUT2D eigenvalue weighted by atomic mass is 32.2. The number of pyridine rings is 1. The monoisotopic (exact) mass is 240 g/mol. The summed E-state index contributed by atoms with van der Waals surface area (Å²) >= 11 is 0. The van der Waals surface area contributed by atoms with E-state index in [0.717, 1.165) is 26.2 Å². The van der Waals surface area contributed by atoms with Gasteiger partial charge in [0.1, 0.15) is 6.20 Å². The fourth-order valence-electron chi connectivity index (χ4n) is 1.75. The van der Waals surface area contributed by atoms with Crippen LogP contribution in [0.3, 0.4) is 0 Å². The molecule has 1 aliphatic rings. The van der Waals surface area contributed by atoms with Crippen LogP contribution >= 0.6 is 0 Å². The minimum absolute atomic E-state index is 0.310. The van der Waals surface area contributed by atoms with Crippen LogP contribution in [0.1, 0.15) is 0 Å². The van der Waals surface area contributed by atoms with Crippen LogP contribution in [0.25, 0.3) is 0 Å². The SMILES string of the molecule is CS(=O)(=O)c1ccn[c]c1N1CCNCC1. The molecule has 0 saturated carbocycles. The number of anilines is 1. The second-order valence-electron chi connectivity index (χ2n) is 3.78. The molecule has 2 rings (SSSR count). The zero-order chi connectivity index (χ0) is 11.6. The summed E-state index contributed by atoms with van der Waals surface area (Å²) in [6.45, 7) is 3.27. The molecule has 1 aromatic heterocycles. The Morgan fingerprint density at radius 2 is 2.12 bits per heavy atom. The Kier molecular flexibility index (Phi) is 3.11. The molecule has 87 valence electrons. The van der Waals surface area contributed by atoms with Gasteiger partial charge in [0.2, 0.25) is 0 Å². The fourth-order valence-corrected chi connectivity index (χ4v) is 2.59. The van der Waals surface area contributed by atoms with Crippen molar-refractivity contribution in [2.75, 3.05) is 37.3 Å². The minimum atomic E-state index is -3.22. The van der Waals surface area contributed by atoms with Crippen molar-refractivity contribution in [3.05, 3.63) is 18.5 Å². The van der Waals surface area contributed by atoms with E-state index in [0.29, 0.717) is 10.6 Å². The second kappa shape index (κ2) is 4.39. The average Bonchev–Trinajstić information content (AvgIpc) is 2.29. The Labute approximate surface area is 95.4 Å². The molecule has 0 aromatic carbocycles. The van der Waals surface area contributed by atoms with E-state index in [2.05, 4.69) is 16.5 Å². The average molecular weight is 240 g/mol. The lowest BCUT2D eigenvalue weighted by atomic mass is 10.3. The maximum absolute atomic E-state index is 11.6. The predicted molar refractivity (Wildman–Crippen MR) is 61.3 cm³/mol. The number of rotatable bonds is 2. The van der Waals surface area contributed by atoms with Crippen LogP contribution in [0.5, 0.6) is 0 Å². The summed E-state index contributed by atoms with van der Waals surface area (Å²) < 4.78 is 23.2. The van der Waals surface area contributed by atoms with Gasteiger partial charge >= 0.3 is 0 Å². The van der Waals surface area contributed by atoms with Gasteiger partial charge in [-0.15, -0.1) is 0 Å². The van der Waals surface area contributed by atoms with Gasteiger partial charge in [-0.05, 0) is 6.07 Å². The zero-order valence-corrected chi connectivity index (χ0v) is 9.92. The quantitative estimate of drug-likeness (QED) is 0.768. The first-order valence-electron chi connectivity index (χ1n) is 5.11. The summed E-state index contributed by atoms with van der Waals surface area (Å²) in [4.78, 5) is 6.19. The van der Waals surface area contributed by atoms with E-state index in [9.17, 15) is 8.42 Å². The van der Waals surface area contributed by atoms with Crippen molar-refractivity contribution >= 4 is 15.5 Å². The van der Waals surface area contributed by atoms with E-state index in [4.69, 9.17) is 0 Å². The van der Waals surface area contributed by atoms with Gasteiger partial charge in [-0.3, -0.25) is 4.98 Å². The van der Waals surface area contributed by atoms with Crippen LogP contribution in [-0.2, 0) is 9.84 Å². The molecule has 1 aliphatic heterocycles. The van der Waals surface area contributed by atoms with Gasteiger partial charge in [0.15, 0.2) is 9.84 Å². The second-order valence-corrected chi connectivity index (χ2v) is 5.76. The molecule has 6 heteroatoms. The molecule has 1 radical (unpaired) electrons. The lowest BCUT2D eigenvalue weighted by Gasteiger charge is -2.29. The van der Waals surface area contributed by atoms with E-state index < -0.39 is 9.84 Å². The van der Waals surface area contributed by atoms with E-state index in [-0.39, 0.29) is 0 Å². The van der Waals surface area contributed by atoms with Gasteiger partial charge in [-0.1, -0.05) is 0 Å². The number of nitrogens with zero attached hydrogens (tertiary/aromatic N) is 2. The Balaban J connectivity index is 2.40. The smallest absolute Gasteiger partial charge is 0.177 e. The number of hydrogen-bond donors (Lipinski definition) is 1. The van der Waals surface area contributed by atoms with E-state index >= 15 is 0 Å². The number of sulfone groups is 1. The van der Waals surface area contributed by atoms with Gasteiger partial charge in [0, 0.05) is 38.6 Å². The molecule has 2 heterocycles. The first kappa shape index (κ1) is 11.3. The predicted octanol–water partition coefficient (Wildman–Crippen LogP) is -0.305. The highest BCUT2D eigenvalue weighted by Gasteiger charge is 2.19. The van der Waals surface area contributed by atoms with Gasteiger partial charge in [-0.2, -0.15) is 0 Å². The first-order valence-corrected chi connectivity index (χ1v) is 7.00. The topological polar surface area (TPSA) is 62.3 Å². The molecule has 5 nitrogen and oxygen atoms in total. The summed E-state index contributed by atoms with van der Waals surface area (Å²) in [6, 6.07) is 1.53. The number of aromatic nitrogens is 1. The summed E-state index contributed by atoms with van der Waals surface area (Å²) in [5.41, 5.74) is 0.589. The Bertz CT molecular complexity index is 467. The standard InChI is InChI=1S/C10H14N3O2S/c1-16(14,15)10-2-3-12-8-9(10)13-6-4-11-5-7-13/h2-3,11H,4-7H2,1H3. The van der Waals surface area contributed by atoms with E-state index in [1.807, 2.05) is 4.90 Å². The lowest BCUT2D eigenvalue weighted by Crippen LogP contribution is -2.44. The zero-order valence-electron chi connectivity index (χ0n) is 9.10. The molecular weight excluding hydrogens is 226 g/mol. The molecule has 16 heavy (non-hydrogen) atoms. The summed E-state index contributed by atoms with van der Waals surface area (Å²) in [5, 5.41) is 3.22. The largest absolute Gasteiger partial charge is 0.366 e. The van der Waals surface area contributed by atoms with Crippen molar-refractivity contribution < 1.29 is 8.42 Å². The first-order chi connectivity index (χ1) is 7.59. The third-order valence-electron chi connectivity index (χ3n) is 2.54. The normalized spacial score (nSPS) is 17.4. The van der Waals surface area contributed by atoms with Gasteiger partial charge in [0.05, 0.1) is 10.6 Å². The van der Waals surface area contributed by atoms with Crippen LogP contribution in [0.15, 0.2) is 17.2 Å². The van der Waals surface area contributed by atoms with Crippen molar-refractivity contribution in [2.45, 2.75) is 4.90 Å². The summed E-state index contributed by atoms with van der Waals surface area (Å²) in [6.07, 6.45) is 5.45. The fraction of sp³-hybridized carbons (Fsp3) is 0.500. The van der Waals surface area contributed by atoms with Crippen LogP contribution < -0.4 is 10.2 Å². The van der Waals surface area contributed by atoms with Crippen molar-refractivity contribution in [2.24, 2.45) is 0 Å². The maximum Gasteiger partial charge on any atom is 0.177 e. The van der Waals surface area contributed by atoms with Crippen molar-refractivity contribution in [3.8, 4) is 0 Å². The van der Waals surface area contributed by atoms with Crippen LogP contribution in [0.2, 0.25) is 0 Å². The lowest BCUT2D eigenvalue weighted by molar-refractivity contribution is 0.580. The summed E-state index contributed by atoms with van der Waals surface area (Å²) in [5.74, 6) is 0. The molecule has 0 bridgehead atoms. The molecular formula is C10H14N3O2S. The molecule has 1 aromatic rings. The minimum Gasteiger partial charge on any atom is -0.366 e. The van der Waals surface area contributed by atoms with E-state index in [1.54, 1.807) is 0 Å². The Morgan fingerprint density at radius 1 is 1.44 bits per heavy atom. The number of piperazine rings is 1. The number of nitrogens with one attached hydrogen (secondary N) is 1. The Hall–Kier alpha value is -1.14. The maximum atomic E-state index is 11.6. The van der Waals surface area contributed by atoms with Crippen LogP contribution in [0, 0.1) is 6.20 Å². The van der Waals surface area contributed by atoms with Crippen molar-refractivity contribution in [3.63, 3.8) is 0 Å². The molecule has 0 atom stereocenters. The molecule has 0 unspecified atom stereocenters. The molecule has 0 amide bonds. The van der Waals surface area contributed by atoms with E-state index in [1.165, 1.54) is 18.5 Å². The molecule has 1 fully saturated rings. The van der Waals surface area contributed by atoms with Gasteiger partial charge in [0.25, 0.3) is 0 Å². The van der Waals surface area contributed by atoms with Crippen LogP contribution in [-0.4, -0.2) is 45.8 Å². The molecule has 0 aliphatic carbocycles. The highest BCUT2D eigenvalue weighted by Crippen LogP contribution is 2.23. The third kappa shape index (κ3) is 2.33. The van der Waals surface area contributed by atoms with Crippen LogP contribution in [0.4, 0.5) is 5.69 Å². The Morgan fingerprint density at radius 3 is 2.75 bits per heavy atom. The van der Waals surface area contributed by atoms with Gasteiger partial charge in [-0.25, -0.2) is 8.42 Å². The molecule has 1 N–H and O–H groups in total.